The van der Waals surface area contributed by atoms with Crippen molar-refractivity contribution in [2.24, 2.45) is 5.92 Å². The minimum absolute atomic E-state index is 0.0508. The number of hydrogen-bond acceptors (Lipinski definition) is 4. The van der Waals surface area contributed by atoms with Crippen LogP contribution in [0.1, 0.15) is 39.2 Å². The summed E-state index contributed by atoms with van der Waals surface area (Å²) in [6.45, 7) is 6.62. The van der Waals surface area contributed by atoms with E-state index in [-0.39, 0.29) is 11.7 Å². The number of nitrogens with zero attached hydrogens (tertiary/aromatic N) is 1. The highest BCUT2D eigenvalue weighted by atomic mass is 35.5. The molecular formula is C18H26Cl2N2O4S. The molecule has 9 heteroatoms. The molecule has 1 aliphatic rings. The van der Waals surface area contributed by atoms with Crippen LogP contribution in [-0.2, 0) is 20.5 Å². The molecule has 0 spiro atoms. The number of carbonyl (C=O) groups excluding carboxylic acids is 1. The normalized spacial score (nSPS) is 18.9. The number of amides is 1. The van der Waals surface area contributed by atoms with Crippen molar-refractivity contribution in [2.45, 2.75) is 45.0 Å². The lowest BCUT2D eigenvalue weighted by Gasteiger charge is -2.32. The van der Waals surface area contributed by atoms with Gasteiger partial charge in [-0.1, -0.05) is 29.3 Å². The Morgan fingerprint density at radius 1 is 1.30 bits per heavy atom. The van der Waals surface area contributed by atoms with E-state index in [1.54, 1.807) is 39.0 Å². The summed E-state index contributed by atoms with van der Waals surface area (Å²) in [5.41, 5.74) is 0.0321. The summed E-state index contributed by atoms with van der Waals surface area (Å²) in [5.74, 6) is -0.0781. The number of benzene rings is 1. The predicted octanol–water partition coefficient (Wildman–Crippen LogP) is 4.06. The average Bonchev–Trinajstić information content (AvgIpc) is 2.55. The van der Waals surface area contributed by atoms with Crippen molar-refractivity contribution < 1.29 is 17.9 Å². The molecule has 1 aliphatic heterocycles. The zero-order valence-electron chi connectivity index (χ0n) is 15.8. The second-order valence-electron chi connectivity index (χ2n) is 7.75. The fraction of sp³-hybridized carbons (Fsp3) is 0.611. The van der Waals surface area contributed by atoms with E-state index in [0.717, 1.165) is 12.8 Å². The largest absolute Gasteiger partial charge is 0.444 e. The number of ether oxygens (including phenoxy) is 1. The first-order chi connectivity index (χ1) is 12.5. The monoisotopic (exact) mass is 436 g/mol. The van der Waals surface area contributed by atoms with Gasteiger partial charge in [0.1, 0.15) is 5.60 Å². The smallest absolute Gasteiger partial charge is 0.407 e. The molecule has 1 fully saturated rings. The predicted molar refractivity (Wildman–Crippen MR) is 108 cm³/mol. The van der Waals surface area contributed by atoms with Crippen LogP contribution in [0.5, 0.6) is 0 Å². The van der Waals surface area contributed by atoms with Gasteiger partial charge in [-0.25, -0.2) is 17.5 Å². The van der Waals surface area contributed by atoms with Crippen molar-refractivity contribution in [3.05, 3.63) is 33.8 Å². The summed E-state index contributed by atoms with van der Waals surface area (Å²) in [4.78, 5) is 11.8. The van der Waals surface area contributed by atoms with Crippen LogP contribution in [0, 0.1) is 5.92 Å². The van der Waals surface area contributed by atoms with Crippen LogP contribution in [0.3, 0.4) is 0 Å². The van der Waals surface area contributed by atoms with Crippen LogP contribution in [-0.4, -0.2) is 44.1 Å². The average molecular weight is 437 g/mol. The molecule has 6 nitrogen and oxygen atoms in total. The lowest BCUT2D eigenvalue weighted by molar-refractivity contribution is 0.0513. The molecule has 1 amide bonds. The fourth-order valence-electron chi connectivity index (χ4n) is 2.92. The summed E-state index contributed by atoms with van der Waals surface area (Å²) < 4.78 is 32.2. The molecule has 152 valence electrons. The third-order valence-corrected chi connectivity index (χ3v) is 6.70. The number of rotatable bonds is 5. The Hall–Kier alpha value is -1.02. The fourth-order valence-corrected chi connectivity index (χ4v) is 4.87. The van der Waals surface area contributed by atoms with Crippen molar-refractivity contribution >= 4 is 39.3 Å². The molecule has 1 N–H and O–H groups in total. The van der Waals surface area contributed by atoms with E-state index in [1.807, 2.05) is 0 Å². The van der Waals surface area contributed by atoms with Crippen LogP contribution in [0.15, 0.2) is 18.2 Å². The first kappa shape index (κ1) is 22.3. The van der Waals surface area contributed by atoms with E-state index in [2.05, 4.69) is 5.32 Å². The number of hydrogen-bond donors (Lipinski definition) is 1. The molecule has 1 unspecified atom stereocenters. The minimum Gasteiger partial charge on any atom is -0.444 e. The van der Waals surface area contributed by atoms with Crippen molar-refractivity contribution in [3.63, 3.8) is 0 Å². The van der Waals surface area contributed by atoms with Crippen LogP contribution in [0.25, 0.3) is 0 Å². The molecule has 0 aromatic heterocycles. The molecule has 1 aromatic rings. The van der Waals surface area contributed by atoms with Gasteiger partial charge < -0.3 is 10.1 Å². The van der Waals surface area contributed by atoms with Gasteiger partial charge in [0.05, 0.1) is 15.8 Å². The Bertz CT molecular complexity index is 778. The molecule has 27 heavy (non-hydrogen) atoms. The van der Waals surface area contributed by atoms with Gasteiger partial charge in [-0.3, -0.25) is 0 Å². The molecule has 1 saturated heterocycles. The Balaban J connectivity index is 1.93. The molecule has 1 heterocycles. The van der Waals surface area contributed by atoms with Gasteiger partial charge in [0.2, 0.25) is 10.0 Å². The van der Waals surface area contributed by atoms with Gasteiger partial charge in [-0.15, -0.1) is 0 Å². The van der Waals surface area contributed by atoms with Crippen LogP contribution >= 0.6 is 23.2 Å². The highest BCUT2D eigenvalue weighted by Gasteiger charge is 2.29. The SMILES string of the molecule is CC(C)(C)OC(=O)NCC1CCCN(S(=O)(=O)Cc2ccc(Cl)c(Cl)c2)C1. The van der Waals surface area contributed by atoms with Gasteiger partial charge in [0.25, 0.3) is 0 Å². The van der Waals surface area contributed by atoms with E-state index < -0.39 is 21.7 Å². The quantitative estimate of drug-likeness (QED) is 0.754. The minimum atomic E-state index is -3.48. The van der Waals surface area contributed by atoms with E-state index in [0.29, 0.717) is 35.2 Å². The van der Waals surface area contributed by atoms with Gasteiger partial charge in [-0.2, -0.15) is 0 Å². The maximum atomic E-state index is 12.8. The molecular weight excluding hydrogens is 411 g/mol. The Labute approximate surface area is 171 Å². The first-order valence-electron chi connectivity index (χ1n) is 8.85. The summed E-state index contributed by atoms with van der Waals surface area (Å²) in [6.07, 6.45) is 1.12. The molecule has 1 aromatic carbocycles. The van der Waals surface area contributed by atoms with E-state index in [1.165, 1.54) is 4.31 Å². The van der Waals surface area contributed by atoms with E-state index >= 15 is 0 Å². The summed E-state index contributed by atoms with van der Waals surface area (Å²) >= 11 is 11.9. The first-order valence-corrected chi connectivity index (χ1v) is 11.2. The second-order valence-corrected chi connectivity index (χ2v) is 10.5. The highest BCUT2D eigenvalue weighted by molar-refractivity contribution is 7.88. The van der Waals surface area contributed by atoms with Crippen molar-refractivity contribution in [1.82, 2.24) is 9.62 Å². The zero-order chi connectivity index (χ0) is 20.2. The van der Waals surface area contributed by atoms with Crippen molar-refractivity contribution in [1.29, 1.82) is 0 Å². The van der Waals surface area contributed by atoms with Crippen LogP contribution in [0.2, 0.25) is 10.0 Å². The van der Waals surface area contributed by atoms with Crippen LogP contribution in [0.4, 0.5) is 4.79 Å². The maximum Gasteiger partial charge on any atom is 0.407 e. The van der Waals surface area contributed by atoms with Gasteiger partial charge in [0.15, 0.2) is 0 Å². The number of sulfonamides is 1. The summed E-state index contributed by atoms with van der Waals surface area (Å²) in [6, 6.07) is 4.84. The molecule has 2 rings (SSSR count). The maximum absolute atomic E-state index is 12.8. The molecule has 0 saturated carbocycles. The highest BCUT2D eigenvalue weighted by Crippen LogP contribution is 2.25. The third kappa shape index (κ3) is 7.14. The lowest BCUT2D eigenvalue weighted by Crippen LogP contribution is -2.44. The third-order valence-electron chi connectivity index (χ3n) is 4.14. The Morgan fingerprint density at radius 3 is 2.63 bits per heavy atom. The number of carbonyl (C=O) groups is 1. The van der Waals surface area contributed by atoms with Gasteiger partial charge in [-0.05, 0) is 57.2 Å². The number of halogens is 2. The second kappa shape index (κ2) is 8.99. The molecule has 0 radical (unpaired) electrons. The summed E-state index contributed by atoms with van der Waals surface area (Å²) in [7, 11) is -3.48. The number of nitrogens with one attached hydrogen (secondary N) is 1. The standard InChI is InChI=1S/C18H26Cl2N2O4S/c1-18(2,3)26-17(23)21-10-14-5-4-8-22(11-14)27(24,25)12-13-6-7-15(19)16(20)9-13/h6-7,9,14H,4-5,8,10-12H2,1-3H3,(H,21,23). The topological polar surface area (TPSA) is 75.7 Å². The lowest BCUT2D eigenvalue weighted by atomic mass is 10.00. The molecule has 0 bridgehead atoms. The number of piperidine rings is 1. The van der Waals surface area contributed by atoms with E-state index in [9.17, 15) is 13.2 Å². The van der Waals surface area contributed by atoms with E-state index in [4.69, 9.17) is 27.9 Å². The molecule has 0 aliphatic carbocycles. The molecule has 1 atom stereocenters. The summed E-state index contributed by atoms with van der Waals surface area (Å²) in [5, 5.41) is 3.46. The number of alkyl carbamates (subject to hydrolysis) is 1. The van der Waals surface area contributed by atoms with Gasteiger partial charge >= 0.3 is 6.09 Å². The van der Waals surface area contributed by atoms with Crippen molar-refractivity contribution in [2.75, 3.05) is 19.6 Å². The zero-order valence-corrected chi connectivity index (χ0v) is 18.1. The van der Waals surface area contributed by atoms with Crippen molar-refractivity contribution in [3.8, 4) is 0 Å². The Morgan fingerprint density at radius 2 is 2.00 bits per heavy atom. The Kier molecular flexibility index (Phi) is 7.41. The van der Waals surface area contributed by atoms with Gasteiger partial charge in [0, 0.05) is 19.6 Å². The van der Waals surface area contributed by atoms with Crippen LogP contribution < -0.4 is 5.32 Å².